The average Bonchev–Trinajstić information content (AvgIpc) is 3.04. The zero-order valence-corrected chi connectivity index (χ0v) is 17.1. The molecule has 1 atom stereocenters. The molecule has 0 spiro atoms. The molecule has 1 N–H and O–H groups in total. The normalized spacial score (nSPS) is 17.2. The Morgan fingerprint density at radius 2 is 1.93 bits per heavy atom. The summed E-state index contributed by atoms with van der Waals surface area (Å²) in [5, 5.41) is 3.27. The molecule has 5 nitrogen and oxygen atoms in total. The third-order valence-corrected chi connectivity index (χ3v) is 5.64. The number of benzene rings is 1. The predicted molar refractivity (Wildman–Crippen MR) is 115 cm³/mol. The van der Waals surface area contributed by atoms with Gasteiger partial charge >= 0.3 is 0 Å². The fourth-order valence-electron chi connectivity index (χ4n) is 4.25. The Hall–Kier alpha value is -2.92. The molecule has 1 unspecified atom stereocenters. The third kappa shape index (κ3) is 4.40. The van der Waals surface area contributed by atoms with Gasteiger partial charge in [0.2, 0.25) is 0 Å². The number of aryl methyl sites for hydroxylation is 1. The van der Waals surface area contributed by atoms with Gasteiger partial charge in [0.25, 0.3) is 5.91 Å². The van der Waals surface area contributed by atoms with E-state index in [9.17, 15) is 4.79 Å². The summed E-state index contributed by atoms with van der Waals surface area (Å²) in [6.07, 6.45) is 3.90. The number of carbonyl (C=O) groups excluding carboxylic acids is 1. The molecule has 0 bridgehead atoms. The van der Waals surface area contributed by atoms with Gasteiger partial charge in [-0.25, -0.2) is 4.98 Å². The smallest absolute Gasteiger partial charge is 0.253 e. The summed E-state index contributed by atoms with van der Waals surface area (Å²) < 4.78 is 2.04. The summed E-state index contributed by atoms with van der Waals surface area (Å²) in [7, 11) is 0. The fraction of sp³-hybridized carbons (Fsp3) is 0.333. The van der Waals surface area contributed by atoms with Gasteiger partial charge in [0.15, 0.2) is 0 Å². The summed E-state index contributed by atoms with van der Waals surface area (Å²) in [5.41, 5.74) is 3.99. The maximum atomic E-state index is 13.0. The zero-order valence-electron chi connectivity index (χ0n) is 17.1. The van der Waals surface area contributed by atoms with Gasteiger partial charge in [-0.1, -0.05) is 36.4 Å². The Morgan fingerprint density at radius 1 is 1.14 bits per heavy atom. The Labute approximate surface area is 172 Å². The molecule has 3 heterocycles. The molecular weight excluding hydrogens is 360 g/mol. The number of hydrogen-bond acceptors (Lipinski definition) is 3. The lowest BCUT2D eigenvalue weighted by molar-refractivity contribution is 0.0900. The average molecular weight is 389 g/mol. The van der Waals surface area contributed by atoms with Gasteiger partial charge < -0.3 is 9.88 Å². The van der Waals surface area contributed by atoms with Gasteiger partial charge in [0.05, 0.1) is 5.56 Å². The first kappa shape index (κ1) is 19.4. The Bertz CT molecular complexity index is 965. The van der Waals surface area contributed by atoms with Crippen LogP contribution in [-0.2, 0) is 6.54 Å². The van der Waals surface area contributed by atoms with Gasteiger partial charge in [0, 0.05) is 36.7 Å². The summed E-state index contributed by atoms with van der Waals surface area (Å²) in [4.78, 5) is 19.9. The van der Waals surface area contributed by atoms with Gasteiger partial charge in [0.1, 0.15) is 5.82 Å². The van der Waals surface area contributed by atoms with Crippen LogP contribution in [0.2, 0.25) is 0 Å². The first-order valence-corrected chi connectivity index (χ1v) is 10.3. The minimum Gasteiger partial charge on any atom is -0.348 e. The molecule has 150 valence electrons. The molecule has 1 aliphatic heterocycles. The van der Waals surface area contributed by atoms with E-state index >= 15 is 0 Å². The lowest BCUT2D eigenvalue weighted by atomic mass is 10.0. The number of rotatable bonds is 5. The van der Waals surface area contributed by atoms with Crippen LogP contribution in [0.25, 0.3) is 5.82 Å². The quantitative estimate of drug-likeness (QED) is 0.722. The van der Waals surface area contributed by atoms with Crippen LogP contribution in [0.15, 0.2) is 60.8 Å². The number of nitrogens with one attached hydrogen (secondary N) is 1. The van der Waals surface area contributed by atoms with E-state index in [1.807, 2.05) is 48.7 Å². The second-order valence-electron chi connectivity index (χ2n) is 7.84. The Morgan fingerprint density at radius 3 is 2.69 bits per heavy atom. The molecule has 1 fully saturated rings. The largest absolute Gasteiger partial charge is 0.348 e. The predicted octanol–water partition coefficient (Wildman–Crippen LogP) is 3.88. The minimum atomic E-state index is 0.00634. The molecule has 3 aromatic rings. The van der Waals surface area contributed by atoms with Crippen molar-refractivity contribution in [3.63, 3.8) is 0 Å². The molecule has 1 saturated heterocycles. The molecule has 1 aromatic carbocycles. The first-order chi connectivity index (χ1) is 14.1. The summed E-state index contributed by atoms with van der Waals surface area (Å²) >= 11 is 0. The van der Waals surface area contributed by atoms with Crippen LogP contribution in [0.3, 0.4) is 0 Å². The monoisotopic (exact) mass is 388 g/mol. The maximum Gasteiger partial charge on any atom is 0.253 e. The standard InChI is InChI=1S/C24H28N4O/c1-18-15-22(19(2)28(18)23-12-6-7-13-25-23)24(29)26-21-11-8-14-27(17-21)16-20-9-4-3-5-10-20/h3-7,9-10,12-13,15,21H,8,11,14,16-17H2,1-2H3,(H,26,29). The lowest BCUT2D eigenvalue weighted by Crippen LogP contribution is -2.47. The van der Waals surface area contributed by atoms with Crippen molar-refractivity contribution in [1.29, 1.82) is 0 Å². The van der Waals surface area contributed by atoms with Crippen molar-refractivity contribution in [3.05, 3.63) is 83.3 Å². The topological polar surface area (TPSA) is 50.2 Å². The summed E-state index contributed by atoms with van der Waals surface area (Å²) in [6.45, 7) is 6.90. The second-order valence-corrected chi connectivity index (χ2v) is 7.84. The van der Waals surface area contributed by atoms with Crippen LogP contribution < -0.4 is 5.32 Å². The van der Waals surface area contributed by atoms with Gasteiger partial charge in [-0.15, -0.1) is 0 Å². The van der Waals surface area contributed by atoms with E-state index < -0.39 is 0 Å². The molecule has 4 rings (SSSR count). The highest BCUT2D eigenvalue weighted by Crippen LogP contribution is 2.20. The van der Waals surface area contributed by atoms with Crippen LogP contribution >= 0.6 is 0 Å². The SMILES string of the molecule is Cc1cc(C(=O)NC2CCCN(Cc3ccccc3)C2)c(C)n1-c1ccccn1. The van der Waals surface area contributed by atoms with Crippen molar-refractivity contribution in [2.75, 3.05) is 13.1 Å². The molecule has 1 amide bonds. The van der Waals surface area contributed by atoms with E-state index in [2.05, 4.69) is 39.5 Å². The second kappa shape index (κ2) is 8.62. The number of nitrogens with zero attached hydrogens (tertiary/aromatic N) is 3. The van der Waals surface area contributed by atoms with Crippen molar-refractivity contribution < 1.29 is 4.79 Å². The molecule has 29 heavy (non-hydrogen) atoms. The van der Waals surface area contributed by atoms with Crippen molar-refractivity contribution in [2.45, 2.75) is 39.3 Å². The fourth-order valence-corrected chi connectivity index (χ4v) is 4.25. The summed E-state index contributed by atoms with van der Waals surface area (Å²) in [6, 6.07) is 18.5. The zero-order chi connectivity index (χ0) is 20.2. The number of carbonyl (C=O) groups is 1. The molecule has 0 saturated carbocycles. The molecule has 0 radical (unpaired) electrons. The highest BCUT2D eigenvalue weighted by molar-refractivity contribution is 5.96. The molecule has 0 aliphatic carbocycles. The van der Waals surface area contributed by atoms with E-state index in [1.54, 1.807) is 6.20 Å². The van der Waals surface area contributed by atoms with Crippen molar-refractivity contribution in [2.24, 2.45) is 0 Å². The van der Waals surface area contributed by atoms with E-state index in [1.165, 1.54) is 5.56 Å². The first-order valence-electron chi connectivity index (χ1n) is 10.3. The molecule has 2 aromatic heterocycles. The van der Waals surface area contributed by atoms with E-state index in [0.717, 1.165) is 55.2 Å². The molecule has 1 aliphatic rings. The summed E-state index contributed by atoms with van der Waals surface area (Å²) in [5.74, 6) is 0.847. The van der Waals surface area contributed by atoms with Crippen LogP contribution in [-0.4, -0.2) is 39.5 Å². The van der Waals surface area contributed by atoms with Gasteiger partial charge in [-0.3, -0.25) is 9.69 Å². The number of likely N-dealkylation sites (tertiary alicyclic amines) is 1. The van der Waals surface area contributed by atoms with Crippen molar-refractivity contribution >= 4 is 5.91 Å². The van der Waals surface area contributed by atoms with Crippen molar-refractivity contribution in [3.8, 4) is 5.82 Å². The van der Waals surface area contributed by atoms with E-state index in [-0.39, 0.29) is 11.9 Å². The van der Waals surface area contributed by atoms with Crippen LogP contribution in [0.1, 0.15) is 40.2 Å². The number of aromatic nitrogens is 2. The minimum absolute atomic E-state index is 0.00634. The molecule has 5 heteroatoms. The lowest BCUT2D eigenvalue weighted by Gasteiger charge is -2.33. The maximum absolute atomic E-state index is 13.0. The van der Waals surface area contributed by atoms with E-state index in [4.69, 9.17) is 0 Å². The van der Waals surface area contributed by atoms with Gasteiger partial charge in [-0.2, -0.15) is 0 Å². The number of hydrogen-bond donors (Lipinski definition) is 1. The number of piperidine rings is 1. The molecular formula is C24H28N4O. The highest BCUT2D eigenvalue weighted by atomic mass is 16.1. The van der Waals surface area contributed by atoms with Crippen LogP contribution in [0.4, 0.5) is 0 Å². The number of pyridine rings is 1. The highest BCUT2D eigenvalue weighted by Gasteiger charge is 2.24. The van der Waals surface area contributed by atoms with Crippen molar-refractivity contribution in [1.82, 2.24) is 19.8 Å². The van der Waals surface area contributed by atoms with E-state index in [0.29, 0.717) is 0 Å². The van der Waals surface area contributed by atoms with Gasteiger partial charge in [-0.05, 0) is 57.0 Å². The van der Waals surface area contributed by atoms with Crippen LogP contribution in [0.5, 0.6) is 0 Å². The number of amides is 1. The third-order valence-electron chi connectivity index (χ3n) is 5.64. The Kier molecular flexibility index (Phi) is 5.76. The van der Waals surface area contributed by atoms with Crippen LogP contribution in [0, 0.1) is 13.8 Å². The Balaban J connectivity index is 1.44.